The summed E-state index contributed by atoms with van der Waals surface area (Å²) in [5.74, 6) is -0.852. The second-order valence-corrected chi connectivity index (χ2v) is 4.21. The minimum absolute atomic E-state index is 0.0324. The fraction of sp³-hybridized carbons (Fsp3) is 0.417. The number of nitro benzene ring substituents is 1. The van der Waals surface area contributed by atoms with Crippen LogP contribution in [0.5, 0.6) is 0 Å². The van der Waals surface area contributed by atoms with Crippen molar-refractivity contribution in [2.24, 2.45) is 0 Å². The highest BCUT2D eigenvalue weighted by Crippen LogP contribution is 2.13. The van der Waals surface area contributed by atoms with Crippen LogP contribution in [0.3, 0.4) is 0 Å². The Morgan fingerprint density at radius 2 is 1.76 bits per heavy atom. The minimum Gasteiger partial charge on any atom is -0.459 e. The lowest BCUT2D eigenvalue weighted by Crippen LogP contribution is -2.42. The standard InChI is InChI=1S/C12H15NO8/c14-5-9(15)11(17)10(16)6-21-12(18)7-1-3-8(4-2-7)13(19)20/h1-4,9-11,14-17H,5-6H2/t9?,10-,11-/m0/s1. The molecule has 0 saturated carbocycles. The van der Waals surface area contributed by atoms with Gasteiger partial charge in [0.1, 0.15) is 24.9 Å². The largest absolute Gasteiger partial charge is 0.459 e. The van der Waals surface area contributed by atoms with E-state index in [0.29, 0.717) is 0 Å². The summed E-state index contributed by atoms with van der Waals surface area (Å²) in [6.07, 6.45) is -4.80. The maximum absolute atomic E-state index is 11.6. The lowest BCUT2D eigenvalue weighted by molar-refractivity contribution is -0.384. The van der Waals surface area contributed by atoms with Gasteiger partial charge in [-0.25, -0.2) is 4.79 Å². The van der Waals surface area contributed by atoms with Crippen LogP contribution >= 0.6 is 0 Å². The van der Waals surface area contributed by atoms with Crippen LogP contribution in [-0.2, 0) is 4.74 Å². The van der Waals surface area contributed by atoms with Gasteiger partial charge in [-0.15, -0.1) is 0 Å². The van der Waals surface area contributed by atoms with E-state index in [1.165, 1.54) is 12.1 Å². The van der Waals surface area contributed by atoms with E-state index >= 15 is 0 Å². The number of hydrogen-bond acceptors (Lipinski definition) is 8. The Balaban J connectivity index is 2.55. The highest BCUT2D eigenvalue weighted by atomic mass is 16.6. The van der Waals surface area contributed by atoms with E-state index in [1.807, 2.05) is 0 Å². The zero-order valence-electron chi connectivity index (χ0n) is 10.8. The number of non-ortho nitro benzene ring substituents is 1. The molecule has 0 amide bonds. The molecule has 0 radical (unpaired) electrons. The molecule has 0 aliphatic heterocycles. The molecule has 1 rings (SSSR count). The van der Waals surface area contributed by atoms with Crippen molar-refractivity contribution < 1.29 is 34.9 Å². The summed E-state index contributed by atoms with van der Waals surface area (Å²) < 4.78 is 4.69. The number of carbonyl (C=O) groups is 1. The van der Waals surface area contributed by atoms with Crippen molar-refractivity contribution in [2.45, 2.75) is 18.3 Å². The number of nitro groups is 1. The first-order valence-electron chi connectivity index (χ1n) is 5.93. The number of rotatable bonds is 7. The predicted octanol–water partition coefficient (Wildman–Crippen LogP) is -1.17. The minimum atomic E-state index is -1.67. The molecule has 0 heterocycles. The fourth-order valence-electron chi connectivity index (χ4n) is 1.43. The molecule has 4 N–H and O–H groups in total. The van der Waals surface area contributed by atoms with Crippen molar-refractivity contribution in [1.82, 2.24) is 0 Å². The summed E-state index contributed by atoms with van der Waals surface area (Å²) in [6, 6.07) is 4.62. The van der Waals surface area contributed by atoms with E-state index in [-0.39, 0.29) is 11.3 Å². The van der Waals surface area contributed by atoms with Crippen LogP contribution in [0.25, 0.3) is 0 Å². The van der Waals surface area contributed by atoms with Crippen LogP contribution in [0.1, 0.15) is 10.4 Å². The zero-order chi connectivity index (χ0) is 16.0. The second-order valence-electron chi connectivity index (χ2n) is 4.21. The molecular formula is C12H15NO8. The molecule has 9 nitrogen and oxygen atoms in total. The van der Waals surface area contributed by atoms with Crippen LogP contribution in [0.2, 0.25) is 0 Å². The highest BCUT2D eigenvalue weighted by Gasteiger charge is 2.25. The monoisotopic (exact) mass is 301 g/mol. The molecule has 0 aromatic heterocycles. The van der Waals surface area contributed by atoms with Gasteiger partial charge < -0.3 is 25.2 Å². The van der Waals surface area contributed by atoms with Gasteiger partial charge in [0, 0.05) is 12.1 Å². The van der Waals surface area contributed by atoms with Crippen LogP contribution < -0.4 is 0 Å². The van der Waals surface area contributed by atoms with Gasteiger partial charge in [0.2, 0.25) is 0 Å². The van der Waals surface area contributed by atoms with Gasteiger partial charge in [0.25, 0.3) is 5.69 Å². The molecule has 116 valence electrons. The van der Waals surface area contributed by atoms with Crippen molar-refractivity contribution in [2.75, 3.05) is 13.2 Å². The first-order valence-corrected chi connectivity index (χ1v) is 5.93. The lowest BCUT2D eigenvalue weighted by Gasteiger charge is -2.21. The lowest BCUT2D eigenvalue weighted by atomic mass is 10.1. The second kappa shape index (κ2) is 7.64. The third kappa shape index (κ3) is 4.76. The number of carbonyl (C=O) groups excluding carboxylic acids is 1. The Hall–Kier alpha value is -2.07. The average Bonchev–Trinajstić information content (AvgIpc) is 2.50. The van der Waals surface area contributed by atoms with E-state index in [4.69, 9.17) is 14.9 Å². The number of benzene rings is 1. The van der Waals surface area contributed by atoms with E-state index in [1.54, 1.807) is 0 Å². The SMILES string of the molecule is O=C(OC[C@H](O)[C@@H](O)C(O)CO)c1ccc([N+](=O)[O-])cc1. The number of hydrogen-bond donors (Lipinski definition) is 4. The maximum Gasteiger partial charge on any atom is 0.338 e. The molecule has 0 fully saturated rings. The molecule has 1 unspecified atom stereocenters. The summed E-state index contributed by atoms with van der Waals surface area (Å²) in [5.41, 5.74) is -0.155. The molecule has 9 heteroatoms. The summed E-state index contributed by atoms with van der Waals surface area (Å²) in [6.45, 7) is -1.36. The fourth-order valence-corrected chi connectivity index (χ4v) is 1.43. The molecule has 1 aromatic carbocycles. The van der Waals surface area contributed by atoms with Gasteiger partial charge in [0.15, 0.2) is 0 Å². The highest BCUT2D eigenvalue weighted by molar-refractivity contribution is 5.89. The summed E-state index contributed by atoms with van der Waals surface area (Å²) in [4.78, 5) is 21.4. The Kier molecular flexibility index (Phi) is 6.18. The van der Waals surface area contributed by atoms with E-state index in [0.717, 1.165) is 12.1 Å². The molecule has 0 aliphatic carbocycles. The molecule has 0 aliphatic rings. The molecule has 0 bridgehead atoms. The number of nitrogens with zero attached hydrogens (tertiary/aromatic N) is 1. The van der Waals surface area contributed by atoms with Crippen LogP contribution in [0.4, 0.5) is 5.69 Å². The first kappa shape index (κ1) is 17.0. The summed E-state index contributed by atoms with van der Waals surface area (Å²) >= 11 is 0. The quantitative estimate of drug-likeness (QED) is 0.279. The zero-order valence-corrected chi connectivity index (χ0v) is 10.8. The Morgan fingerprint density at radius 3 is 2.24 bits per heavy atom. The number of aliphatic hydroxyl groups excluding tert-OH is 4. The third-order valence-electron chi connectivity index (χ3n) is 2.67. The molecule has 1 aromatic rings. The average molecular weight is 301 g/mol. The van der Waals surface area contributed by atoms with E-state index < -0.39 is 42.4 Å². The van der Waals surface area contributed by atoms with Crippen LogP contribution in [-0.4, -0.2) is 62.8 Å². The van der Waals surface area contributed by atoms with Gasteiger partial charge in [-0.05, 0) is 12.1 Å². The normalized spacial score (nSPS) is 15.0. The number of ether oxygens (including phenoxy) is 1. The van der Waals surface area contributed by atoms with E-state index in [9.17, 15) is 25.1 Å². The number of aliphatic hydroxyl groups is 4. The Bertz CT molecular complexity index is 489. The van der Waals surface area contributed by atoms with Crippen LogP contribution in [0.15, 0.2) is 24.3 Å². The third-order valence-corrected chi connectivity index (χ3v) is 2.67. The van der Waals surface area contributed by atoms with Gasteiger partial charge in [-0.3, -0.25) is 10.1 Å². The molecular weight excluding hydrogens is 286 g/mol. The topological polar surface area (TPSA) is 150 Å². The van der Waals surface area contributed by atoms with Crippen molar-refractivity contribution in [3.8, 4) is 0 Å². The molecule has 0 saturated heterocycles. The van der Waals surface area contributed by atoms with Crippen molar-refractivity contribution in [3.05, 3.63) is 39.9 Å². The summed E-state index contributed by atoms with van der Waals surface area (Å²) in [7, 11) is 0. The maximum atomic E-state index is 11.6. The van der Waals surface area contributed by atoms with Gasteiger partial charge >= 0.3 is 5.97 Å². The predicted molar refractivity (Wildman–Crippen MR) is 68.5 cm³/mol. The smallest absolute Gasteiger partial charge is 0.338 e. The van der Waals surface area contributed by atoms with Gasteiger partial charge in [-0.2, -0.15) is 0 Å². The van der Waals surface area contributed by atoms with Crippen molar-refractivity contribution >= 4 is 11.7 Å². The van der Waals surface area contributed by atoms with Crippen molar-refractivity contribution in [3.63, 3.8) is 0 Å². The van der Waals surface area contributed by atoms with Crippen LogP contribution in [0, 0.1) is 10.1 Å². The molecule has 21 heavy (non-hydrogen) atoms. The molecule has 3 atom stereocenters. The van der Waals surface area contributed by atoms with Crippen molar-refractivity contribution in [1.29, 1.82) is 0 Å². The first-order chi connectivity index (χ1) is 9.86. The molecule has 0 spiro atoms. The Labute approximate surface area is 119 Å². The Morgan fingerprint density at radius 1 is 1.19 bits per heavy atom. The van der Waals surface area contributed by atoms with Gasteiger partial charge in [0.05, 0.1) is 17.1 Å². The van der Waals surface area contributed by atoms with Gasteiger partial charge in [-0.1, -0.05) is 0 Å². The number of esters is 1. The summed E-state index contributed by atoms with van der Waals surface area (Å²) in [5, 5.41) is 46.9. The van der Waals surface area contributed by atoms with E-state index in [2.05, 4.69) is 0 Å².